The molecule has 0 N–H and O–H groups in total. The van der Waals surface area contributed by atoms with Gasteiger partial charge in [0.1, 0.15) is 17.0 Å². The first kappa shape index (κ1) is 22.3. The van der Waals surface area contributed by atoms with Crippen LogP contribution in [0.3, 0.4) is 0 Å². The van der Waals surface area contributed by atoms with E-state index in [0.717, 1.165) is 0 Å². The molecule has 0 radical (unpaired) electrons. The van der Waals surface area contributed by atoms with Gasteiger partial charge in [0.15, 0.2) is 0 Å². The number of aliphatic imine (C=N–C) groups is 1. The van der Waals surface area contributed by atoms with Crippen LogP contribution in [0.5, 0.6) is 0 Å². The van der Waals surface area contributed by atoms with E-state index in [1.165, 1.54) is 30.3 Å². The van der Waals surface area contributed by atoms with E-state index in [1.54, 1.807) is 41.5 Å². The lowest BCUT2D eigenvalue weighted by Gasteiger charge is -2.20. The van der Waals surface area contributed by atoms with Crippen molar-refractivity contribution in [3.8, 4) is 0 Å². The molecule has 0 aliphatic carbocycles. The number of carbonyl (C=O) groups is 2. The Labute approximate surface area is 145 Å². The molecule has 0 spiro atoms. The number of nitrogens with zero attached hydrogens (tertiary/aromatic N) is 1. The first-order valence-corrected chi connectivity index (χ1v) is 7.29. The molecule has 1 rings (SSSR count). The number of benzene rings is 1. The molecule has 8 heteroatoms. The Morgan fingerprint density at radius 3 is 1.64 bits per heavy atom. The molecule has 0 saturated carbocycles. The van der Waals surface area contributed by atoms with Crippen LogP contribution in [-0.2, 0) is 19.0 Å². The van der Waals surface area contributed by atoms with Gasteiger partial charge >= 0.3 is 12.3 Å². The van der Waals surface area contributed by atoms with Gasteiger partial charge in [-0.25, -0.2) is 18.8 Å². The highest BCUT2D eigenvalue weighted by Crippen LogP contribution is 2.12. The van der Waals surface area contributed by atoms with Crippen LogP contribution >= 0.6 is 0 Å². The molecule has 0 atom stereocenters. The molecular weight excluding hydrogens is 333 g/mol. The molecule has 1 aromatic carbocycles. The third-order valence-corrected chi connectivity index (χ3v) is 1.95. The topological polar surface area (TPSA) is 91.3 Å². The number of carbonyl (C=O) groups excluding carboxylic acids is 3. The van der Waals surface area contributed by atoms with Gasteiger partial charge in [-0.2, -0.15) is 4.99 Å². The van der Waals surface area contributed by atoms with Gasteiger partial charge < -0.3 is 14.2 Å². The molecule has 0 aliphatic rings. The van der Waals surface area contributed by atoms with Crippen LogP contribution in [0.1, 0.15) is 41.5 Å². The van der Waals surface area contributed by atoms with E-state index in [4.69, 9.17) is 9.47 Å². The van der Waals surface area contributed by atoms with Gasteiger partial charge in [-0.15, -0.1) is 0 Å². The zero-order valence-corrected chi connectivity index (χ0v) is 15.1. The number of ether oxygens (including phenoxy) is 3. The largest absolute Gasteiger partial charge is 0.519 e. The van der Waals surface area contributed by atoms with E-state index in [0.29, 0.717) is 5.69 Å². The zero-order chi connectivity index (χ0) is 19.7. The number of hydrogen-bond acceptors (Lipinski definition) is 7. The Morgan fingerprint density at radius 1 is 0.920 bits per heavy atom. The standard InChI is InChI=1S/C10H18O5.C7H4FNO/c1-9(2,3)14-7(11)13-8(12)15-10(4,5)6;8-6-1-3-7(4-2-6)9-5-10/h1-6H3;1-4H. The summed E-state index contributed by atoms with van der Waals surface area (Å²) in [6.07, 6.45) is -0.761. The van der Waals surface area contributed by atoms with Crippen molar-refractivity contribution in [2.24, 2.45) is 4.99 Å². The number of rotatable bonds is 1. The summed E-state index contributed by atoms with van der Waals surface area (Å²) < 4.78 is 26.0. The third-order valence-electron chi connectivity index (χ3n) is 1.95. The summed E-state index contributed by atoms with van der Waals surface area (Å²) in [7, 11) is 0. The number of hydrogen-bond donors (Lipinski definition) is 0. The van der Waals surface area contributed by atoms with E-state index in [1.807, 2.05) is 0 Å². The van der Waals surface area contributed by atoms with Crippen LogP contribution < -0.4 is 0 Å². The maximum Gasteiger partial charge on any atom is 0.519 e. The predicted molar refractivity (Wildman–Crippen MR) is 87.7 cm³/mol. The second-order valence-electron chi connectivity index (χ2n) is 6.71. The summed E-state index contributed by atoms with van der Waals surface area (Å²) >= 11 is 0. The second-order valence-corrected chi connectivity index (χ2v) is 6.71. The molecule has 0 aliphatic heterocycles. The van der Waals surface area contributed by atoms with Crippen LogP contribution in [0.2, 0.25) is 0 Å². The lowest BCUT2D eigenvalue weighted by Crippen LogP contribution is -2.29. The highest BCUT2D eigenvalue weighted by molar-refractivity contribution is 5.77. The highest BCUT2D eigenvalue weighted by atomic mass is 19.1. The van der Waals surface area contributed by atoms with Gasteiger partial charge in [0.25, 0.3) is 0 Å². The zero-order valence-electron chi connectivity index (χ0n) is 15.1. The first-order valence-electron chi connectivity index (χ1n) is 7.29. The smallest absolute Gasteiger partial charge is 0.428 e. The minimum absolute atomic E-state index is 0.343. The van der Waals surface area contributed by atoms with Crippen molar-refractivity contribution in [3.63, 3.8) is 0 Å². The predicted octanol–water partition coefficient (Wildman–Crippen LogP) is 4.67. The molecule has 0 aromatic heterocycles. The van der Waals surface area contributed by atoms with E-state index in [2.05, 4.69) is 9.73 Å². The molecule has 7 nitrogen and oxygen atoms in total. The lowest BCUT2D eigenvalue weighted by molar-refractivity contribution is -0.0293. The van der Waals surface area contributed by atoms with Crippen molar-refractivity contribution in [1.29, 1.82) is 0 Å². The Bertz CT molecular complexity index is 596. The quantitative estimate of drug-likeness (QED) is 0.315. The normalized spacial score (nSPS) is 10.5. The summed E-state index contributed by atoms with van der Waals surface area (Å²) in [5.74, 6) is -0.343. The van der Waals surface area contributed by atoms with Gasteiger partial charge in [0, 0.05) is 0 Å². The van der Waals surface area contributed by atoms with Crippen molar-refractivity contribution >= 4 is 24.1 Å². The molecule has 0 unspecified atom stereocenters. The average molecular weight is 355 g/mol. The molecule has 0 saturated heterocycles. The van der Waals surface area contributed by atoms with Crippen molar-refractivity contribution in [1.82, 2.24) is 0 Å². The molecule has 0 bridgehead atoms. The van der Waals surface area contributed by atoms with Gasteiger partial charge in [-0.3, -0.25) is 0 Å². The van der Waals surface area contributed by atoms with E-state index >= 15 is 0 Å². The van der Waals surface area contributed by atoms with E-state index in [-0.39, 0.29) is 5.82 Å². The molecule has 0 amide bonds. The van der Waals surface area contributed by atoms with Crippen molar-refractivity contribution in [3.05, 3.63) is 30.1 Å². The Hall–Kier alpha value is -2.73. The van der Waals surface area contributed by atoms with Crippen molar-refractivity contribution < 1.29 is 33.0 Å². The molecule has 25 heavy (non-hydrogen) atoms. The maximum atomic E-state index is 12.2. The molecule has 138 valence electrons. The fourth-order valence-electron chi connectivity index (χ4n) is 1.18. The highest BCUT2D eigenvalue weighted by Gasteiger charge is 2.24. The number of halogens is 1. The van der Waals surface area contributed by atoms with Crippen molar-refractivity contribution in [2.45, 2.75) is 52.7 Å². The Balaban J connectivity index is 0.000000496. The molecule has 1 aromatic rings. The summed E-state index contributed by atoms with van der Waals surface area (Å²) in [5, 5.41) is 0. The average Bonchev–Trinajstić information content (AvgIpc) is 2.37. The van der Waals surface area contributed by atoms with E-state index in [9.17, 15) is 18.8 Å². The minimum Gasteiger partial charge on any atom is -0.428 e. The Kier molecular flexibility index (Phi) is 8.50. The summed E-state index contributed by atoms with van der Waals surface area (Å²) in [6, 6.07) is 5.27. The van der Waals surface area contributed by atoms with Crippen LogP contribution in [0.25, 0.3) is 0 Å². The van der Waals surface area contributed by atoms with E-state index < -0.39 is 23.5 Å². The molecule has 0 fully saturated rings. The van der Waals surface area contributed by atoms with Gasteiger partial charge in [0.2, 0.25) is 6.08 Å². The van der Waals surface area contributed by atoms with Crippen LogP contribution in [0, 0.1) is 5.82 Å². The van der Waals surface area contributed by atoms with Crippen LogP contribution in [-0.4, -0.2) is 29.6 Å². The minimum atomic E-state index is -1.06. The second kappa shape index (κ2) is 9.54. The van der Waals surface area contributed by atoms with Gasteiger partial charge in [-0.05, 0) is 65.8 Å². The molecule has 0 heterocycles. The Morgan fingerprint density at radius 2 is 1.32 bits per heavy atom. The maximum absolute atomic E-state index is 12.2. The summed E-state index contributed by atoms with van der Waals surface area (Å²) in [5.41, 5.74) is -0.977. The molecular formula is C17H22FNO6. The van der Waals surface area contributed by atoms with Crippen molar-refractivity contribution in [2.75, 3.05) is 0 Å². The third kappa shape index (κ3) is 13.4. The SMILES string of the molecule is CC(C)(C)OC(=O)OC(=O)OC(C)(C)C.O=C=Nc1ccc(F)cc1. The lowest BCUT2D eigenvalue weighted by atomic mass is 10.2. The fourth-order valence-corrected chi connectivity index (χ4v) is 1.18. The summed E-state index contributed by atoms with van der Waals surface area (Å²) in [4.78, 5) is 35.0. The first-order chi connectivity index (χ1) is 11.3. The van der Waals surface area contributed by atoms with Crippen LogP contribution in [0.15, 0.2) is 29.3 Å². The monoisotopic (exact) mass is 355 g/mol. The van der Waals surface area contributed by atoms with Gasteiger partial charge in [-0.1, -0.05) is 0 Å². The number of isocyanates is 1. The van der Waals surface area contributed by atoms with Gasteiger partial charge in [0.05, 0.1) is 5.69 Å². The summed E-state index contributed by atoms with van der Waals surface area (Å²) in [6.45, 7) is 10.0. The fraction of sp³-hybridized carbons (Fsp3) is 0.471. The van der Waals surface area contributed by atoms with Crippen LogP contribution in [0.4, 0.5) is 19.7 Å².